The van der Waals surface area contributed by atoms with Crippen molar-refractivity contribution < 1.29 is 14.4 Å². The molecule has 2 aliphatic heterocycles. The summed E-state index contributed by atoms with van der Waals surface area (Å²) in [4.78, 5) is 40.5. The van der Waals surface area contributed by atoms with Gasteiger partial charge in [0.1, 0.15) is 0 Å². The fraction of sp³-hybridized carbons (Fsp3) is 0.609. The SMILES string of the molecule is CC(C)C(=O)NC1CCN(CC(=O)NCc2ccc(C(=O)N3CCCC3)cc2)CC1. The van der Waals surface area contributed by atoms with E-state index in [2.05, 4.69) is 15.5 Å². The Morgan fingerprint density at radius 2 is 1.63 bits per heavy atom. The van der Waals surface area contributed by atoms with E-state index in [4.69, 9.17) is 0 Å². The molecule has 2 saturated heterocycles. The second-order valence-electron chi connectivity index (χ2n) is 8.69. The van der Waals surface area contributed by atoms with E-state index in [-0.39, 0.29) is 29.7 Å². The molecule has 164 valence electrons. The van der Waals surface area contributed by atoms with Crippen LogP contribution in [0.2, 0.25) is 0 Å². The van der Waals surface area contributed by atoms with Crippen molar-refractivity contribution in [3.63, 3.8) is 0 Å². The smallest absolute Gasteiger partial charge is 0.253 e. The van der Waals surface area contributed by atoms with Crippen LogP contribution in [0.4, 0.5) is 0 Å². The van der Waals surface area contributed by atoms with Gasteiger partial charge in [-0.1, -0.05) is 26.0 Å². The first-order chi connectivity index (χ1) is 14.4. The van der Waals surface area contributed by atoms with Crippen LogP contribution in [0, 0.1) is 5.92 Å². The maximum atomic E-state index is 12.4. The van der Waals surface area contributed by atoms with E-state index in [1.165, 1.54) is 0 Å². The van der Waals surface area contributed by atoms with Crippen LogP contribution in [-0.4, -0.2) is 66.3 Å². The van der Waals surface area contributed by atoms with Gasteiger partial charge in [0.2, 0.25) is 11.8 Å². The second-order valence-corrected chi connectivity index (χ2v) is 8.69. The van der Waals surface area contributed by atoms with E-state index in [0.717, 1.165) is 57.4 Å². The Morgan fingerprint density at radius 1 is 1.00 bits per heavy atom. The van der Waals surface area contributed by atoms with Gasteiger partial charge in [-0.25, -0.2) is 0 Å². The molecular weight excluding hydrogens is 380 g/mol. The molecule has 1 aromatic rings. The Balaban J connectivity index is 1.37. The van der Waals surface area contributed by atoms with Crippen LogP contribution in [0.5, 0.6) is 0 Å². The third kappa shape index (κ3) is 6.29. The van der Waals surface area contributed by atoms with Gasteiger partial charge in [-0.05, 0) is 43.4 Å². The second kappa shape index (κ2) is 10.6. The number of rotatable bonds is 7. The van der Waals surface area contributed by atoms with Crippen molar-refractivity contribution in [3.05, 3.63) is 35.4 Å². The van der Waals surface area contributed by atoms with Gasteiger partial charge in [0.25, 0.3) is 5.91 Å². The average Bonchev–Trinajstić information content (AvgIpc) is 3.28. The van der Waals surface area contributed by atoms with E-state index in [1.54, 1.807) is 0 Å². The van der Waals surface area contributed by atoms with Crippen molar-refractivity contribution in [2.75, 3.05) is 32.7 Å². The lowest BCUT2D eigenvalue weighted by molar-refractivity contribution is -0.126. The number of piperidine rings is 1. The molecule has 0 radical (unpaired) electrons. The van der Waals surface area contributed by atoms with Gasteiger partial charge in [0.05, 0.1) is 6.54 Å². The van der Waals surface area contributed by atoms with Crippen LogP contribution >= 0.6 is 0 Å². The normalized spacial score (nSPS) is 17.9. The zero-order valence-electron chi connectivity index (χ0n) is 18.2. The summed E-state index contributed by atoms with van der Waals surface area (Å²) in [5, 5.41) is 6.04. The van der Waals surface area contributed by atoms with Gasteiger partial charge in [0, 0.05) is 50.2 Å². The topological polar surface area (TPSA) is 81.8 Å². The number of benzene rings is 1. The Morgan fingerprint density at radius 3 is 2.23 bits per heavy atom. The quantitative estimate of drug-likeness (QED) is 0.713. The van der Waals surface area contributed by atoms with Crippen molar-refractivity contribution in [2.45, 2.75) is 52.1 Å². The van der Waals surface area contributed by atoms with Crippen molar-refractivity contribution >= 4 is 17.7 Å². The molecule has 0 saturated carbocycles. The van der Waals surface area contributed by atoms with E-state index < -0.39 is 0 Å². The van der Waals surface area contributed by atoms with Crippen molar-refractivity contribution in [3.8, 4) is 0 Å². The summed E-state index contributed by atoms with van der Waals surface area (Å²) >= 11 is 0. The molecule has 0 aromatic heterocycles. The van der Waals surface area contributed by atoms with E-state index >= 15 is 0 Å². The third-order valence-corrected chi connectivity index (χ3v) is 5.91. The Bertz CT molecular complexity index is 733. The average molecular weight is 415 g/mol. The minimum Gasteiger partial charge on any atom is -0.353 e. The predicted molar refractivity (Wildman–Crippen MR) is 116 cm³/mol. The van der Waals surface area contributed by atoms with Crippen molar-refractivity contribution in [2.24, 2.45) is 5.92 Å². The number of amides is 3. The maximum absolute atomic E-state index is 12.4. The first-order valence-electron chi connectivity index (χ1n) is 11.1. The molecule has 0 atom stereocenters. The molecule has 3 rings (SSSR count). The molecule has 2 fully saturated rings. The summed E-state index contributed by atoms with van der Waals surface area (Å²) in [6, 6.07) is 7.72. The van der Waals surface area contributed by atoms with Crippen LogP contribution in [0.15, 0.2) is 24.3 Å². The summed E-state index contributed by atoms with van der Waals surface area (Å²) in [5.74, 6) is 0.188. The first kappa shape index (κ1) is 22.3. The number of carbonyl (C=O) groups is 3. The van der Waals surface area contributed by atoms with Gasteiger partial charge in [-0.2, -0.15) is 0 Å². The molecule has 0 unspecified atom stereocenters. The molecule has 0 spiro atoms. The highest BCUT2D eigenvalue weighted by atomic mass is 16.2. The fourth-order valence-electron chi connectivity index (χ4n) is 3.93. The number of carbonyl (C=O) groups excluding carboxylic acids is 3. The van der Waals surface area contributed by atoms with Crippen LogP contribution in [0.3, 0.4) is 0 Å². The third-order valence-electron chi connectivity index (χ3n) is 5.91. The summed E-state index contributed by atoms with van der Waals surface area (Å²) in [6.07, 6.45) is 3.91. The highest BCUT2D eigenvalue weighted by Crippen LogP contribution is 2.14. The molecule has 0 aliphatic carbocycles. The number of hydrogen-bond donors (Lipinski definition) is 2. The minimum absolute atomic E-state index is 0.00112. The number of nitrogens with zero attached hydrogens (tertiary/aromatic N) is 2. The lowest BCUT2D eigenvalue weighted by atomic mass is 10.0. The predicted octanol–water partition coefficient (Wildman–Crippen LogP) is 1.78. The zero-order valence-corrected chi connectivity index (χ0v) is 18.2. The monoisotopic (exact) mass is 414 g/mol. The van der Waals surface area contributed by atoms with Gasteiger partial charge >= 0.3 is 0 Å². The van der Waals surface area contributed by atoms with Gasteiger partial charge in [-0.15, -0.1) is 0 Å². The Kier molecular flexibility index (Phi) is 7.85. The van der Waals surface area contributed by atoms with Crippen molar-refractivity contribution in [1.29, 1.82) is 0 Å². The highest BCUT2D eigenvalue weighted by Gasteiger charge is 2.23. The molecule has 3 amide bonds. The zero-order chi connectivity index (χ0) is 21.5. The van der Waals surface area contributed by atoms with Crippen LogP contribution in [0.1, 0.15) is 55.5 Å². The van der Waals surface area contributed by atoms with E-state index in [0.29, 0.717) is 18.7 Å². The molecular formula is C23H34N4O3. The van der Waals surface area contributed by atoms with Gasteiger partial charge in [0.15, 0.2) is 0 Å². The van der Waals surface area contributed by atoms with Crippen LogP contribution < -0.4 is 10.6 Å². The van der Waals surface area contributed by atoms with Crippen molar-refractivity contribution in [1.82, 2.24) is 20.4 Å². The Labute approximate surface area is 179 Å². The number of likely N-dealkylation sites (tertiary alicyclic amines) is 2. The first-order valence-corrected chi connectivity index (χ1v) is 11.1. The molecule has 2 aliphatic rings. The molecule has 7 heteroatoms. The van der Waals surface area contributed by atoms with E-state index in [9.17, 15) is 14.4 Å². The summed E-state index contributed by atoms with van der Waals surface area (Å²) in [6.45, 7) is 7.93. The maximum Gasteiger partial charge on any atom is 0.253 e. The number of nitrogens with one attached hydrogen (secondary N) is 2. The fourth-order valence-corrected chi connectivity index (χ4v) is 3.93. The van der Waals surface area contributed by atoms with Gasteiger partial charge < -0.3 is 15.5 Å². The minimum atomic E-state index is -0.00288. The lowest BCUT2D eigenvalue weighted by Gasteiger charge is -2.32. The van der Waals surface area contributed by atoms with Crippen LogP contribution in [0.25, 0.3) is 0 Å². The largest absolute Gasteiger partial charge is 0.353 e. The molecule has 7 nitrogen and oxygen atoms in total. The highest BCUT2D eigenvalue weighted by molar-refractivity contribution is 5.94. The number of hydrogen-bond acceptors (Lipinski definition) is 4. The molecule has 0 bridgehead atoms. The van der Waals surface area contributed by atoms with Crippen LogP contribution in [-0.2, 0) is 16.1 Å². The molecule has 30 heavy (non-hydrogen) atoms. The summed E-state index contributed by atoms with van der Waals surface area (Å²) in [7, 11) is 0. The molecule has 1 aromatic carbocycles. The lowest BCUT2D eigenvalue weighted by Crippen LogP contribution is -2.48. The molecule has 2 N–H and O–H groups in total. The van der Waals surface area contributed by atoms with Gasteiger partial charge in [-0.3, -0.25) is 19.3 Å². The standard InChI is InChI=1S/C23H34N4O3/c1-17(2)22(29)25-20-9-13-26(14-10-20)16-21(28)24-15-18-5-7-19(8-6-18)23(30)27-11-3-4-12-27/h5-8,17,20H,3-4,9-16H2,1-2H3,(H,24,28)(H,25,29). The van der Waals surface area contributed by atoms with E-state index in [1.807, 2.05) is 43.0 Å². The Hall–Kier alpha value is -2.41. The summed E-state index contributed by atoms with van der Waals surface area (Å²) in [5.41, 5.74) is 1.69. The molecule has 2 heterocycles. The summed E-state index contributed by atoms with van der Waals surface area (Å²) < 4.78 is 0.